The number of pyridine rings is 1. The molecule has 6 nitrogen and oxygen atoms in total. The number of halogens is 3. The number of alkyl halides is 3. The highest BCUT2D eigenvalue weighted by Gasteiger charge is 2.30. The summed E-state index contributed by atoms with van der Waals surface area (Å²) >= 11 is 0. The molecule has 0 spiro atoms. The highest BCUT2D eigenvalue weighted by molar-refractivity contribution is 5.80. The Bertz CT molecular complexity index is 1440. The summed E-state index contributed by atoms with van der Waals surface area (Å²) in [6, 6.07) is 14.3. The van der Waals surface area contributed by atoms with Gasteiger partial charge in [0.15, 0.2) is 0 Å². The lowest BCUT2D eigenvalue weighted by Gasteiger charge is -2.14. The van der Waals surface area contributed by atoms with Crippen LogP contribution < -0.4 is 5.56 Å². The number of aromatic amines is 1. The van der Waals surface area contributed by atoms with Crippen LogP contribution in [-0.2, 0) is 32.4 Å². The monoisotopic (exact) mass is 449 g/mol. The van der Waals surface area contributed by atoms with Crippen molar-refractivity contribution < 1.29 is 13.2 Å². The molecule has 0 unspecified atom stereocenters. The van der Waals surface area contributed by atoms with Crippen molar-refractivity contribution in [3.05, 3.63) is 98.5 Å². The fraction of sp³-hybridized carbons (Fsp3) is 0.208. The molecule has 0 radical (unpaired) electrons. The smallest absolute Gasteiger partial charge is 0.290 e. The van der Waals surface area contributed by atoms with E-state index in [-0.39, 0.29) is 12.1 Å². The van der Waals surface area contributed by atoms with Gasteiger partial charge in [0.05, 0.1) is 29.9 Å². The Morgan fingerprint density at radius 1 is 1.03 bits per heavy atom. The number of hydrogen-bond acceptors (Lipinski definition) is 4. The van der Waals surface area contributed by atoms with Gasteiger partial charge in [0.25, 0.3) is 5.56 Å². The number of nitrogens with zero attached hydrogens (tertiary/aromatic N) is 4. The van der Waals surface area contributed by atoms with Crippen LogP contribution in [-0.4, -0.2) is 19.7 Å². The number of aromatic nitrogens is 3. The maximum atomic E-state index is 13.4. The van der Waals surface area contributed by atoms with Crippen molar-refractivity contribution in [2.45, 2.75) is 32.4 Å². The molecular weight excluding hydrogens is 431 g/mol. The van der Waals surface area contributed by atoms with Gasteiger partial charge < -0.3 is 0 Å². The van der Waals surface area contributed by atoms with Gasteiger partial charge in [-0.15, -0.1) is 0 Å². The first kappa shape index (κ1) is 21.0. The van der Waals surface area contributed by atoms with Crippen molar-refractivity contribution in [1.29, 1.82) is 5.26 Å². The molecule has 0 saturated carbocycles. The Hall–Kier alpha value is -3.90. The topological polar surface area (TPSA) is 77.7 Å². The standard InChI is InChI=1S/C24H18F3N5O/c25-24(26,27)18-6-4-15(5-7-18)12-32-22-19(10-29-30-22)20-13-31(14-21(20)23(32)33)11-17-3-1-2-16(8-17)9-28/h1-8,10H,11-14H2,(H,29,30). The second kappa shape index (κ2) is 7.90. The molecule has 2 aromatic heterocycles. The maximum absolute atomic E-state index is 13.4. The number of benzene rings is 2. The van der Waals surface area contributed by atoms with Gasteiger partial charge in [-0.05, 0) is 41.0 Å². The van der Waals surface area contributed by atoms with E-state index in [1.807, 2.05) is 18.2 Å². The summed E-state index contributed by atoms with van der Waals surface area (Å²) < 4.78 is 40.2. The molecule has 4 aromatic rings. The fourth-order valence-corrected chi connectivity index (χ4v) is 4.35. The van der Waals surface area contributed by atoms with E-state index in [9.17, 15) is 18.0 Å². The van der Waals surface area contributed by atoms with Crippen LogP contribution in [0, 0.1) is 11.3 Å². The summed E-state index contributed by atoms with van der Waals surface area (Å²) in [7, 11) is 0. The van der Waals surface area contributed by atoms with Crippen molar-refractivity contribution in [2.24, 2.45) is 0 Å². The average Bonchev–Trinajstić information content (AvgIpc) is 3.44. The first-order chi connectivity index (χ1) is 15.8. The Morgan fingerprint density at radius 3 is 2.52 bits per heavy atom. The van der Waals surface area contributed by atoms with Crippen LogP contribution in [0.2, 0.25) is 0 Å². The number of hydrogen-bond donors (Lipinski definition) is 1. The molecule has 0 saturated heterocycles. The van der Waals surface area contributed by atoms with E-state index in [0.717, 1.165) is 28.6 Å². The molecule has 166 valence electrons. The van der Waals surface area contributed by atoms with Crippen LogP contribution in [0.3, 0.4) is 0 Å². The molecule has 0 amide bonds. The first-order valence-electron chi connectivity index (χ1n) is 10.3. The molecule has 3 heterocycles. The van der Waals surface area contributed by atoms with Crippen LogP contribution in [0.15, 0.2) is 59.5 Å². The molecule has 9 heteroatoms. The lowest BCUT2D eigenvalue weighted by molar-refractivity contribution is -0.137. The number of fused-ring (bicyclic) bond motifs is 3. The summed E-state index contributed by atoms with van der Waals surface area (Å²) in [5.74, 6) is 0. The van der Waals surface area contributed by atoms with E-state index in [4.69, 9.17) is 5.26 Å². The predicted octanol–water partition coefficient (Wildman–Crippen LogP) is 4.18. The molecule has 33 heavy (non-hydrogen) atoms. The van der Waals surface area contributed by atoms with Gasteiger partial charge in [-0.25, -0.2) is 0 Å². The zero-order valence-corrected chi connectivity index (χ0v) is 17.4. The quantitative estimate of drug-likeness (QED) is 0.507. The lowest BCUT2D eigenvalue weighted by atomic mass is 10.1. The van der Waals surface area contributed by atoms with Gasteiger partial charge >= 0.3 is 6.18 Å². The SMILES string of the molecule is N#Cc1cccc(CN2Cc3c(c4cn[nH]c4n(Cc4ccc(C(F)(F)F)cc4)c3=O)C2)c1. The molecule has 5 rings (SSSR count). The van der Waals surface area contributed by atoms with Gasteiger partial charge in [0.1, 0.15) is 5.65 Å². The van der Waals surface area contributed by atoms with E-state index < -0.39 is 11.7 Å². The molecule has 0 fully saturated rings. The van der Waals surface area contributed by atoms with E-state index in [1.54, 1.807) is 12.3 Å². The van der Waals surface area contributed by atoms with Gasteiger partial charge in [0.2, 0.25) is 0 Å². The summed E-state index contributed by atoms with van der Waals surface area (Å²) in [6.45, 7) is 1.73. The van der Waals surface area contributed by atoms with Gasteiger partial charge in [0, 0.05) is 30.6 Å². The second-order valence-electron chi connectivity index (χ2n) is 8.13. The first-order valence-corrected chi connectivity index (χ1v) is 10.3. The molecule has 1 aliphatic rings. The third-order valence-electron chi connectivity index (χ3n) is 5.93. The van der Waals surface area contributed by atoms with Crippen molar-refractivity contribution in [3.8, 4) is 6.07 Å². The normalized spacial score (nSPS) is 13.9. The summed E-state index contributed by atoms with van der Waals surface area (Å²) in [6.07, 6.45) is -2.73. The zero-order chi connectivity index (χ0) is 23.2. The van der Waals surface area contributed by atoms with E-state index in [2.05, 4.69) is 21.2 Å². The Balaban J connectivity index is 1.46. The Morgan fingerprint density at radius 2 is 1.79 bits per heavy atom. The largest absolute Gasteiger partial charge is 0.416 e. The molecule has 0 atom stereocenters. The fourth-order valence-electron chi connectivity index (χ4n) is 4.35. The van der Waals surface area contributed by atoms with Crippen LogP contribution in [0.1, 0.15) is 33.4 Å². The predicted molar refractivity (Wildman–Crippen MR) is 115 cm³/mol. The maximum Gasteiger partial charge on any atom is 0.416 e. The third kappa shape index (κ3) is 3.90. The third-order valence-corrected chi connectivity index (χ3v) is 5.93. The zero-order valence-electron chi connectivity index (χ0n) is 17.4. The summed E-state index contributed by atoms with van der Waals surface area (Å²) in [4.78, 5) is 15.5. The Labute approximate surface area is 186 Å². The van der Waals surface area contributed by atoms with Crippen LogP contribution in [0.25, 0.3) is 11.0 Å². The van der Waals surface area contributed by atoms with Crippen LogP contribution >= 0.6 is 0 Å². The highest BCUT2D eigenvalue weighted by Crippen LogP contribution is 2.30. The van der Waals surface area contributed by atoms with Gasteiger partial charge in [-0.2, -0.15) is 23.5 Å². The minimum atomic E-state index is -4.41. The highest BCUT2D eigenvalue weighted by atomic mass is 19.4. The van der Waals surface area contributed by atoms with Crippen molar-refractivity contribution >= 4 is 11.0 Å². The van der Waals surface area contributed by atoms with E-state index in [0.29, 0.717) is 42.0 Å². The lowest BCUT2D eigenvalue weighted by Crippen LogP contribution is -2.26. The number of nitriles is 1. The number of rotatable bonds is 4. The minimum absolute atomic E-state index is 0.132. The minimum Gasteiger partial charge on any atom is -0.290 e. The number of H-pyrrole nitrogens is 1. The molecule has 2 aromatic carbocycles. The van der Waals surface area contributed by atoms with Crippen molar-refractivity contribution in [2.75, 3.05) is 0 Å². The number of nitrogens with one attached hydrogen (secondary N) is 1. The van der Waals surface area contributed by atoms with Crippen molar-refractivity contribution in [1.82, 2.24) is 19.7 Å². The molecule has 0 aliphatic carbocycles. The van der Waals surface area contributed by atoms with Crippen LogP contribution in [0.5, 0.6) is 0 Å². The van der Waals surface area contributed by atoms with Gasteiger partial charge in [-0.3, -0.25) is 19.4 Å². The second-order valence-corrected chi connectivity index (χ2v) is 8.13. The van der Waals surface area contributed by atoms with E-state index >= 15 is 0 Å². The molecule has 1 N–H and O–H groups in total. The average molecular weight is 449 g/mol. The molecule has 1 aliphatic heterocycles. The van der Waals surface area contributed by atoms with E-state index in [1.165, 1.54) is 16.7 Å². The molecular formula is C24H18F3N5O. The summed E-state index contributed by atoms with van der Waals surface area (Å²) in [5.41, 5.74) is 3.35. The Kier molecular flexibility index (Phi) is 5.02. The van der Waals surface area contributed by atoms with Crippen molar-refractivity contribution in [3.63, 3.8) is 0 Å². The molecule has 0 bridgehead atoms. The van der Waals surface area contributed by atoms with Crippen LogP contribution in [0.4, 0.5) is 13.2 Å². The summed E-state index contributed by atoms with van der Waals surface area (Å²) in [5, 5.41) is 16.9. The van der Waals surface area contributed by atoms with Gasteiger partial charge in [-0.1, -0.05) is 24.3 Å².